The molecule has 1 aliphatic carbocycles. The maximum Gasteiger partial charge on any atom is 0.416 e. The van der Waals surface area contributed by atoms with Crippen LogP contribution in [-0.4, -0.2) is 41.4 Å². The normalized spacial score (nSPS) is 24.0. The van der Waals surface area contributed by atoms with E-state index in [0.29, 0.717) is 24.1 Å². The van der Waals surface area contributed by atoms with Crippen molar-refractivity contribution in [3.8, 4) is 5.75 Å². The van der Waals surface area contributed by atoms with E-state index in [1.807, 2.05) is 12.1 Å². The number of rotatable bonds is 6. The van der Waals surface area contributed by atoms with Crippen LogP contribution in [0.1, 0.15) is 25.7 Å². The number of amides is 1. The van der Waals surface area contributed by atoms with Crippen LogP contribution in [0.5, 0.6) is 5.75 Å². The Balaban J connectivity index is 1.27. The van der Waals surface area contributed by atoms with Gasteiger partial charge in [0.2, 0.25) is 0 Å². The largest absolute Gasteiger partial charge is 0.441 e. The van der Waals surface area contributed by atoms with Crippen LogP contribution in [0.4, 0.5) is 25.2 Å². The van der Waals surface area contributed by atoms with Gasteiger partial charge in [-0.25, -0.2) is 14.8 Å². The van der Waals surface area contributed by atoms with Crippen molar-refractivity contribution >= 4 is 17.7 Å². The fraction of sp³-hybridized carbons (Fsp3) is 0.450. The second-order valence-corrected chi connectivity index (χ2v) is 7.41. The number of nitrogens with zero attached hydrogens (tertiary/aromatic N) is 3. The minimum absolute atomic E-state index is 0.0330. The molecule has 1 amide bonds. The molecule has 0 aromatic carbocycles. The number of hydrogen-bond donors (Lipinski definition) is 1. The number of alkyl halides is 2. The van der Waals surface area contributed by atoms with E-state index < -0.39 is 12.2 Å². The van der Waals surface area contributed by atoms with Crippen LogP contribution in [0.15, 0.2) is 42.7 Å². The van der Waals surface area contributed by atoms with Crippen molar-refractivity contribution in [1.29, 1.82) is 0 Å². The number of aromatic nitrogens is 2. The van der Waals surface area contributed by atoms with Crippen LogP contribution in [0.2, 0.25) is 0 Å². The number of ether oxygens (including phenoxy) is 2. The van der Waals surface area contributed by atoms with E-state index in [9.17, 15) is 13.6 Å². The Morgan fingerprint density at radius 1 is 1.24 bits per heavy atom. The third-order valence-corrected chi connectivity index (χ3v) is 5.45. The quantitative estimate of drug-likeness (QED) is 0.782. The first-order valence-corrected chi connectivity index (χ1v) is 9.59. The van der Waals surface area contributed by atoms with Gasteiger partial charge in [-0.3, -0.25) is 4.90 Å². The number of nitrogens with one attached hydrogen (secondary N) is 1. The molecule has 29 heavy (non-hydrogen) atoms. The van der Waals surface area contributed by atoms with E-state index in [1.54, 1.807) is 23.2 Å². The second-order valence-electron chi connectivity index (χ2n) is 7.41. The molecule has 2 aromatic rings. The summed E-state index contributed by atoms with van der Waals surface area (Å²) in [6, 6.07) is 8.55. The first-order valence-electron chi connectivity index (χ1n) is 9.59. The minimum Gasteiger partial charge on any atom is -0.441 e. The lowest BCUT2D eigenvalue weighted by Crippen LogP contribution is -2.39. The summed E-state index contributed by atoms with van der Waals surface area (Å²) in [5.74, 6) is 1.68. The van der Waals surface area contributed by atoms with E-state index in [0.717, 1.165) is 32.2 Å². The van der Waals surface area contributed by atoms with Gasteiger partial charge in [0.05, 0.1) is 12.7 Å². The molecular weight excluding hydrogens is 382 g/mol. The van der Waals surface area contributed by atoms with E-state index in [4.69, 9.17) is 4.74 Å². The van der Waals surface area contributed by atoms with Gasteiger partial charge in [-0.05, 0) is 55.9 Å². The minimum atomic E-state index is -2.86. The van der Waals surface area contributed by atoms with Gasteiger partial charge in [0.15, 0.2) is 0 Å². The van der Waals surface area contributed by atoms with Gasteiger partial charge in [-0.2, -0.15) is 8.78 Å². The first kappa shape index (κ1) is 19.4. The summed E-state index contributed by atoms with van der Waals surface area (Å²) in [6.07, 6.45) is 6.03. The zero-order chi connectivity index (χ0) is 20.3. The van der Waals surface area contributed by atoms with Gasteiger partial charge < -0.3 is 14.8 Å². The monoisotopic (exact) mass is 404 g/mol. The third kappa shape index (κ3) is 4.55. The van der Waals surface area contributed by atoms with Crippen LogP contribution in [-0.2, 0) is 4.74 Å². The average Bonchev–Trinajstić information content (AvgIpc) is 3.05. The summed E-state index contributed by atoms with van der Waals surface area (Å²) < 4.78 is 34.4. The standard InChI is InChI=1S/C20H22F2N4O3/c21-18(22)28-15-4-5-16(25-12-15)24-11-14-6-8-20(9-7-14)13-26(19(27)29-20)17-3-1-2-10-23-17/h1-5,10,12,14,18H,6-9,11,13H2,(H,24,25). The molecule has 2 aromatic heterocycles. The zero-order valence-electron chi connectivity index (χ0n) is 15.8. The summed E-state index contributed by atoms with van der Waals surface area (Å²) in [5, 5.41) is 3.23. The Morgan fingerprint density at radius 3 is 2.72 bits per heavy atom. The Morgan fingerprint density at radius 2 is 2.07 bits per heavy atom. The van der Waals surface area contributed by atoms with Crippen molar-refractivity contribution in [2.45, 2.75) is 37.9 Å². The molecular formula is C20H22F2N4O3. The average molecular weight is 404 g/mol. The summed E-state index contributed by atoms with van der Waals surface area (Å²) >= 11 is 0. The van der Waals surface area contributed by atoms with Gasteiger partial charge >= 0.3 is 12.7 Å². The topological polar surface area (TPSA) is 76.6 Å². The van der Waals surface area contributed by atoms with E-state index in [2.05, 4.69) is 20.0 Å². The molecule has 3 heterocycles. The fourth-order valence-electron chi connectivity index (χ4n) is 3.89. The molecule has 2 aliphatic rings. The van der Waals surface area contributed by atoms with Crippen molar-refractivity contribution in [3.05, 3.63) is 42.7 Å². The van der Waals surface area contributed by atoms with Crippen LogP contribution in [0.3, 0.4) is 0 Å². The third-order valence-electron chi connectivity index (χ3n) is 5.45. The maximum atomic E-state index is 12.3. The smallest absolute Gasteiger partial charge is 0.416 e. The molecule has 4 rings (SSSR count). The van der Waals surface area contributed by atoms with E-state index >= 15 is 0 Å². The number of carbonyl (C=O) groups is 1. The predicted octanol–water partition coefficient (Wildman–Crippen LogP) is 4.08. The van der Waals surface area contributed by atoms with Crippen molar-refractivity contribution in [3.63, 3.8) is 0 Å². The maximum absolute atomic E-state index is 12.3. The van der Waals surface area contributed by atoms with Crippen molar-refractivity contribution < 1.29 is 23.0 Å². The molecule has 1 saturated heterocycles. The van der Waals surface area contributed by atoms with E-state index in [-0.39, 0.29) is 11.8 Å². The number of pyridine rings is 2. The molecule has 1 spiro atoms. The molecule has 154 valence electrons. The lowest BCUT2D eigenvalue weighted by atomic mass is 9.78. The lowest BCUT2D eigenvalue weighted by molar-refractivity contribution is -0.0500. The zero-order valence-corrected chi connectivity index (χ0v) is 15.8. The summed E-state index contributed by atoms with van der Waals surface area (Å²) in [4.78, 5) is 22.3. The highest BCUT2D eigenvalue weighted by Gasteiger charge is 2.47. The van der Waals surface area contributed by atoms with Gasteiger partial charge in [0.1, 0.15) is 23.0 Å². The number of hydrogen-bond acceptors (Lipinski definition) is 6. The molecule has 1 aliphatic heterocycles. The van der Waals surface area contributed by atoms with Crippen LogP contribution < -0.4 is 15.0 Å². The van der Waals surface area contributed by atoms with Crippen molar-refractivity contribution in [1.82, 2.24) is 9.97 Å². The Bertz CT molecular complexity index is 827. The van der Waals surface area contributed by atoms with Gasteiger partial charge in [-0.1, -0.05) is 6.07 Å². The van der Waals surface area contributed by atoms with E-state index in [1.165, 1.54) is 12.3 Å². The Labute approximate surface area is 167 Å². The molecule has 1 N–H and O–H groups in total. The second kappa shape index (κ2) is 8.18. The van der Waals surface area contributed by atoms with Gasteiger partial charge in [0.25, 0.3) is 0 Å². The first-order chi connectivity index (χ1) is 14.0. The molecule has 0 atom stereocenters. The summed E-state index contributed by atoms with van der Waals surface area (Å²) in [6.45, 7) is -1.62. The number of halogens is 2. The van der Waals surface area contributed by atoms with Gasteiger partial charge in [0, 0.05) is 12.7 Å². The molecule has 0 bridgehead atoms. The van der Waals surface area contributed by atoms with Gasteiger partial charge in [-0.15, -0.1) is 0 Å². The molecule has 0 radical (unpaired) electrons. The molecule has 9 heteroatoms. The highest BCUT2D eigenvalue weighted by Crippen LogP contribution is 2.40. The number of carbonyl (C=O) groups excluding carboxylic acids is 1. The molecule has 1 saturated carbocycles. The molecule has 0 unspecified atom stereocenters. The lowest BCUT2D eigenvalue weighted by Gasteiger charge is -2.35. The Hall–Kier alpha value is -2.97. The van der Waals surface area contributed by atoms with Crippen LogP contribution in [0.25, 0.3) is 0 Å². The highest BCUT2D eigenvalue weighted by atomic mass is 19.3. The number of anilines is 2. The van der Waals surface area contributed by atoms with Crippen LogP contribution in [0, 0.1) is 5.92 Å². The molecule has 2 fully saturated rings. The summed E-state index contributed by atoms with van der Waals surface area (Å²) in [5.41, 5.74) is -0.447. The van der Waals surface area contributed by atoms with Crippen LogP contribution >= 0.6 is 0 Å². The Kier molecular flexibility index (Phi) is 5.46. The SMILES string of the molecule is O=C1OC2(CCC(CNc3ccc(OC(F)F)cn3)CC2)CN1c1ccccn1. The molecule has 7 nitrogen and oxygen atoms in total. The van der Waals surface area contributed by atoms with Crippen molar-refractivity contribution in [2.24, 2.45) is 5.92 Å². The summed E-state index contributed by atoms with van der Waals surface area (Å²) in [7, 11) is 0. The van der Waals surface area contributed by atoms with Crippen molar-refractivity contribution in [2.75, 3.05) is 23.3 Å². The predicted molar refractivity (Wildman–Crippen MR) is 102 cm³/mol. The highest BCUT2D eigenvalue weighted by molar-refractivity contribution is 5.89. The fourth-order valence-corrected chi connectivity index (χ4v) is 3.89.